The lowest BCUT2D eigenvalue weighted by molar-refractivity contribution is -0.134. The molecule has 1 atom stereocenters. The van der Waals surface area contributed by atoms with Crippen molar-refractivity contribution in [3.8, 4) is 11.8 Å². The molecular weight excluding hydrogens is 408 g/mol. The number of carbonyl (C=O) groups excluding carboxylic acids is 1. The van der Waals surface area contributed by atoms with Gasteiger partial charge in [-0.15, -0.1) is 0 Å². The molecule has 164 valence electrons. The SMILES string of the molecule is CON1C(=O)n2c(cc3ccccc32)C1(C#CCCc1ccccc1)CCc1ccccc1. The Kier molecular flexibility index (Phi) is 5.73. The third-order valence-electron chi connectivity index (χ3n) is 6.32. The third-order valence-corrected chi connectivity index (χ3v) is 6.32. The maximum Gasteiger partial charge on any atom is 0.354 e. The zero-order valence-electron chi connectivity index (χ0n) is 18.7. The van der Waals surface area contributed by atoms with E-state index in [-0.39, 0.29) is 6.03 Å². The van der Waals surface area contributed by atoms with Gasteiger partial charge in [0.15, 0.2) is 5.54 Å². The summed E-state index contributed by atoms with van der Waals surface area (Å²) in [5.41, 5.74) is 3.37. The molecule has 0 saturated carbocycles. The van der Waals surface area contributed by atoms with E-state index in [4.69, 9.17) is 4.84 Å². The van der Waals surface area contributed by atoms with E-state index in [0.717, 1.165) is 29.4 Å². The summed E-state index contributed by atoms with van der Waals surface area (Å²) in [6.07, 6.45) is 3.00. The number of benzene rings is 3. The number of para-hydroxylation sites is 1. The van der Waals surface area contributed by atoms with Crippen LogP contribution in [0.1, 0.15) is 29.7 Å². The summed E-state index contributed by atoms with van der Waals surface area (Å²) >= 11 is 0. The zero-order valence-corrected chi connectivity index (χ0v) is 18.7. The number of hydroxylamine groups is 2. The number of rotatable bonds is 6. The fourth-order valence-corrected chi connectivity index (χ4v) is 4.69. The molecule has 0 aliphatic carbocycles. The van der Waals surface area contributed by atoms with Gasteiger partial charge in [0.05, 0.1) is 18.3 Å². The monoisotopic (exact) mass is 434 g/mol. The fraction of sp³-hybridized carbons (Fsp3) is 0.207. The van der Waals surface area contributed by atoms with Crippen molar-refractivity contribution in [2.75, 3.05) is 7.11 Å². The number of fused-ring (bicyclic) bond motifs is 3. The fourth-order valence-electron chi connectivity index (χ4n) is 4.69. The third kappa shape index (κ3) is 3.82. The van der Waals surface area contributed by atoms with Crippen LogP contribution in [0, 0.1) is 11.8 Å². The highest BCUT2D eigenvalue weighted by Gasteiger charge is 2.51. The van der Waals surface area contributed by atoms with Crippen molar-refractivity contribution in [3.63, 3.8) is 0 Å². The molecule has 0 fully saturated rings. The average molecular weight is 435 g/mol. The Bertz CT molecular complexity index is 1330. The molecule has 0 radical (unpaired) electrons. The van der Waals surface area contributed by atoms with Gasteiger partial charge in [-0.25, -0.2) is 4.79 Å². The summed E-state index contributed by atoms with van der Waals surface area (Å²) in [6, 6.07) is 30.5. The highest BCUT2D eigenvalue weighted by Crippen LogP contribution is 2.42. The summed E-state index contributed by atoms with van der Waals surface area (Å²) in [7, 11) is 1.55. The van der Waals surface area contributed by atoms with Crippen molar-refractivity contribution in [2.45, 2.75) is 31.2 Å². The minimum atomic E-state index is -0.850. The first-order valence-corrected chi connectivity index (χ1v) is 11.3. The van der Waals surface area contributed by atoms with Crippen LogP contribution in [0.2, 0.25) is 0 Å². The number of aromatic nitrogens is 1. The van der Waals surface area contributed by atoms with E-state index < -0.39 is 5.54 Å². The maximum atomic E-state index is 13.5. The first kappa shape index (κ1) is 21.1. The summed E-state index contributed by atoms with van der Waals surface area (Å²) in [6.45, 7) is 0. The predicted octanol–water partition coefficient (Wildman–Crippen LogP) is 5.95. The molecule has 0 saturated heterocycles. The molecule has 4 nitrogen and oxygen atoms in total. The number of aryl methyl sites for hydroxylation is 2. The second kappa shape index (κ2) is 8.97. The first-order valence-electron chi connectivity index (χ1n) is 11.3. The summed E-state index contributed by atoms with van der Waals surface area (Å²) in [5, 5.41) is 2.50. The standard InChI is InChI=1S/C29H26N2O2/c1-33-31-28(32)30-26-18-9-8-17-25(26)22-27(30)29(31,21-19-24-14-6-3-7-15-24)20-11-10-16-23-12-4-2-5-13-23/h2-9,12-15,17-18,22H,10,16,19,21H2,1H3. The smallest absolute Gasteiger partial charge is 0.271 e. The predicted molar refractivity (Wildman–Crippen MR) is 131 cm³/mol. The van der Waals surface area contributed by atoms with Gasteiger partial charge in [0.25, 0.3) is 0 Å². The molecule has 4 aromatic rings. The van der Waals surface area contributed by atoms with Crippen LogP contribution in [-0.2, 0) is 23.2 Å². The lowest BCUT2D eigenvalue weighted by Gasteiger charge is -2.31. The van der Waals surface area contributed by atoms with Crippen LogP contribution in [0.4, 0.5) is 4.79 Å². The van der Waals surface area contributed by atoms with E-state index in [2.05, 4.69) is 42.2 Å². The van der Waals surface area contributed by atoms with Crippen molar-refractivity contribution in [1.82, 2.24) is 9.63 Å². The van der Waals surface area contributed by atoms with Gasteiger partial charge in [-0.3, -0.25) is 9.40 Å². The first-order chi connectivity index (χ1) is 16.2. The van der Waals surface area contributed by atoms with Crippen LogP contribution in [0.15, 0.2) is 91.0 Å². The van der Waals surface area contributed by atoms with Crippen LogP contribution in [0.3, 0.4) is 0 Å². The second-order valence-electron chi connectivity index (χ2n) is 8.32. The van der Waals surface area contributed by atoms with Gasteiger partial charge < -0.3 is 0 Å². The zero-order chi connectivity index (χ0) is 22.7. The number of hydrogen-bond donors (Lipinski definition) is 0. The normalized spacial score (nSPS) is 17.1. The van der Waals surface area contributed by atoms with Crippen molar-refractivity contribution < 1.29 is 9.63 Å². The molecule has 33 heavy (non-hydrogen) atoms. The number of amides is 1. The molecule has 0 bridgehead atoms. The van der Waals surface area contributed by atoms with Crippen LogP contribution in [0.5, 0.6) is 0 Å². The van der Waals surface area contributed by atoms with Gasteiger partial charge >= 0.3 is 6.03 Å². The summed E-state index contributed by atoms with van der Waals surface area (Å²) in [4.78, 5) is 19.2. The van der Waals surface area contributed by atoms with Crippen LogP contribution < -0.4 is 0 Å². The van der Waals surface area contributed by atoms with E-state index in [1.54, 1.807) is 11.7 Å². The molecule has 2 heterocycles. The quantitative estimate of drug-likeness (QED) is 0.352. The van der Waals surface area contributed by atoms with Crippen LogP contribution >= 0.6 is 0 Å². The Hall–Kier alpha value is -3.81. The Morgan fingerprint density at radius 1 is 0.848 bits per heavy atom. The molecule has 1 aromatic heterocycles. The van der Waals surface area contributed by atoms with E-state index >= 15 is 0 Å². The van der Waals surface area contributed by atoms with Crippen molar-refractivity contribution in [3.05, 3.63) is 108 Å². The van der Waals surface area contributed by atoms with Gasteiger partial charge in [0.1, 0.15) is 0 Å². The molecule has 1 aliphatic heterocycles. The van der Waals surface area contributed by atoms with Crippen LogP contribution in [-0.4, -0.2) is 22.8 Å². The van der Waals surface area contributed by atoms with Gasteiger partial charge in [-0.2, -0.15) is 5.06 Å². The van der Waals surface area contributed by atoms with Crippen molar-refractivity contribution in [1.29, 1.82) is 0 Å². The van der Waals surface area contributed by atoms with Crippen molar-refractivity contribution >= 4 is 16.9 Å². The van der Waals surface area contributed by atoms with E-state index in [1.807, 2.05) is 60.7 Å². The summed E-state index contributed by atoms with van der Waals surface area (Å²) in [5.74, 6) is 6.88. The number of carbonyl (C=O) groups is 1. The molecule has 0 spiro atoms. The molecule has 1 aliphatic rings. The topological polar surface area (TPSA) is 34.5 Å². The lowest BCUT2D eigenvalue weighted by atomic mass is 9.88. The van der Waals surface area contributed by atoms with E-state index in [0.29, 0.717) is 12.8 Å². The Morgan fingerprint density at radius 3 is 2.18 bits per heavy atom. The molecule has 5 rings (SSSR count). The van der Waals surface area contributed by atoms with E-state index in [9.17, 15) is 4.79 Å². The number of nitrogens with zero attached hydrogens (tertiary/aromatic N) is 2. The minimum Gasteiger partial charge on any atom is -0.271 e. The second-order valence-corrected chi connectivity index (χ2v) is 8.32. The highest BCUT2D eigenvalue weighted by molar-refractivity contribution is 5.96. The largest absolute Gasteiger partial charge is 0.354 e. The van der Waals surface area contributed by atoms with E-state index in [1.165, 1.54) is 16.2 Å². The maximum absolute atomic E-state index is 13.5. The highest BCUT2D eigenvalue weighted by atomic mass is 16.7. The van der Waals surface area contributed by atoms with Crippen LogP contribution in [0.25, 0.3) is 10.9 Å². The van der Waals surface area contributed by atoms with Gasteiger partial charge in [0, 0.05) is 11.8 Å². The molecule has 1 amide bonds. The Labute approximate surface area is 194 Å². The molecular formula is C29H26N2O2. The number of hydrogen-bond acceptors (Lipinski definition) is 2. The molecule has 0 N–H and O–H groups in total. The average Bonchev–Trinajstić information content (AvgIpc) is 3.36. The van der Waals surface area contributed by atoms with Gasteiger partial charge in [-0.1, -0.05) is 90.7 Å². The molecule has 3 aromatic carbocycles. The van der Waals surface area contributed by atoms with Gasteiger partial charge in [-0.05, 0) is 42.5 Å². The van der Waals surface area contributed by atoms with Gasteiger partial charge in [0.2, 0.25) is 0 Å². The Balaban J connectivity index is 1.56. The Morgan fingerprint density at radius 2 is 1.48 bits per heavy atom. The lowest BCUT2D eigenvalue weighted by Crippen LogP contribution is -2.42. The van der Waals surface area contributed by atoms with Crippen molar-refractivity contribution in [2.24, 2.45) is 0 Å². The summed E-state index contributed by atoms with van der Waals surface area (Å²) < 4.78 is 1.76. The molecule has 4 heteroatoms. The molecule has 1 unspecified atom stereocenters. The minimum absolute atomic E-state index is 0.195.